The van der Waals surface area contributed by atoms with Gasteiger partial charge in [0.1, 0.15) is 5.52 Å². The van der Waals surface area contributed by atoms with E-state index in [-0.39, 0.29) is 0 Å². The molecule has 0 N–H and O–H groups in total. The molecule has 0 amide bonds. The maximum atomic E-state index is 6.30. The summed E-state index contributed by atoms with van der Waals surface area (Å²) in [5.74, 6) is 0.608. The van der Waals surface area contributed by atoms with Crippen LogP contribution in [0.25, 0.3) is 28.1 Å². The second kappa shape index (κ2) is 5.47. The molecule has 22 heavy (non-hydrogen) atoms. The number of halogens is 1. The van der Waals surface area contributed by atoms with Crippen molar-refractivity contribution < 1.29 is 4.42 Å². The van der Waals surface area contributed by atoms with E-state index in [0.717, 1.165) is 35.1 Å². The standard InChI is InChI=1S/C19H14ClNO/c20-16-11-14(13-6-2-1-3-7-13)10-15(12-16)19-21-17-8-4-5-9-18(17)22-19/h1-2,4-6,8-12H,3,7H2. The Morgan fingerprint density at radius 3 is 2.73 bits per heavy atom. The molecule has 108 valence electrons. The molecule has 2 nitrogen and oxygen atoms in total. The fourth-order valence-corrected chi connectivity index (χ4v) is 2.97. The number of nitrogens with zero attached hydrogens (tertiary/aromatic N) is 1. The number of fused-ring (bicyclic) bond motifs is 1. The molecular formula is C19H14ClNO. The predicted octanol–water partition coefficient (Wildman–Crippen LogP) is 5.88. The van der Waals surface area contributed by atoms with Gasteiger partial charge in [0.25, 0.3) is 0 Å². The lowest BCUT2D eigenvalue weighted by molar-refractivity contribution is 0.620. The van der Waals surface area contributed by atoms with E-state index in [0.29, 0.717) is 10.9 Å². The van der Waals surface area contributed by atoms with Gasteiger partial charge in [-0.2, -0.15) is 0 Å². The summed E-state index contributed by atoms with van der Waals surface area (Å²) in [4.78, 5) is 4.55. The first-order valence-electron chi connectivity index (χ1n) is 7.32. The smallest absolute Gasteiger partial charge is 0.227 e. The molecule has 0 spiro atoms. The van der Waals surface area contributed by atoms with E-state index in [2.05, 4.69) is 29.3 Å². The number of aromatic nitrogens is 1. The molecule has 0 fully saturated rings. The molecule has 1 aliphatic rings. The van der Waals surface area contributed by atoms with Crippen LogP contribution in [0.2, 0.25) is 5.02 Å². The van der Waals surface area contributed by atoms with Crippen LogP contribution in [0.3, 0.4) is 0 Å². The number of para-hydroxylation sites is 2. The molecule has 1 heterocycles. The largest absolute Gasteiger partial charge is 0.436 e. The third-order valence-corrected chi connectivity index (χ3v) is 4.04. The van der Waals surface area contributed by atoms with E-state index in [4.69, 9.17) is 16.0 Å². The van der Waals surface area contributed by atoms with Gasteiger partial charge in [-0.1, -0.05) is 42.0 Å². The molecule has 0 saturated carbocycles. The van der Waals surface area contributed by atoms with Gasteiger partial charge in [0, 0.05) is 10.6 Å². The van der Waals surface area contributed by atoms with Crippen LogP contribution in [0, 0.1) is 0 Å². The minimum absolute atomic E-state index is 0.608. The Kier molecular flexibility index (Phi) is 3.32. The van der Waals surface area contributed by atoms with Crippen LogP contribution in [-0.4, -0.2) is 4.98 Å². The fourth-order valence-electron chi connectivity index (χ4n) is 2.74. The number of allylic oxidation sites excluding steroid dienone is 4. The van der Waals surface area contributed by atoms with E-state index in [1.807, 2.05) is 36.4 Å². The van der Waals surface area contributed by atoms with Gasteiger partial charge in [0.2, 0.25) is 5.89 Å². The highest BCUT2D eigenvalue weighted by Gasteiger charge is 2.12. The summed E-state index contributed by atoms with van der Waals surface area (Å²) in [7, 11) is 0. The molecule has 1 aliphatic carbocycles. The summed E-state index contributed by atoms with van der Waals surface area (Å²) in [6.07, 6.45) is 8.51. The molecule has 0 aliphatic heterocycles. The number of oxazole rings is 1. The molecule has 4 rings (SSSR count). The first-order valence-corrected chi connectivity index (χ1v) is 7.70. The third kappa shape index (κ3) is 2.46. The molecule has 0 atom stereocenters. The number of benzene rings is 2. The summed E-state index contributed by atoms with van der Waals surface area (Å²) < 4.78 is 5.85. The molecule has 3 aromatic rings. The van der Waals surface area contributed by atoms with Gasteiger partial charge in [-0.15, -0.1) is 0 Å². The molecule has 0 radical (unpaired) electrons. The Hall–Kier alpha value is -2.32. The molecule has 0 bridgehead atoms. The van der Waals surface area contributed by atoms with Crippen LogP contribution >= 0.6 is 11.6 Å². The molecule has 1 aromatic heterocycles. The SMILES string of the molecule is Clc1cc(C2=CC=CCC2)cc(-c2nc3ccccc3o2)c1. The van der Waals surface area contributed by atoms with Gasteiger partial charge < -0.3 is 4.42 Å². The van der Waals surface area contributed by atoms with Crippen molar-refractivity contribution in [1.82, 2.24) is 4.98 Å². The maximum Gasteiger partial charge on any atom is 0.227 e. The van der Waals surface area contributed by atoms with Gasteiger partial charge in [-0.05, 0) is 54.3 Å². The monoisotopic (exact) mass is 307 g/mol. The average Bonchev–Trinajstić information content (AvgIpc) is 2.99. The van der Waals surface area contributed by atoms with Gasteiger partial charge >= 0.3 is 0 Å². The third-order valence-electron chi connectivity index (χ3n) is 3.82. The lowest BCUT2D eigenvalue weighted by Gasteiger charge is -2.10. The second-order valence-corrected chi connectivity index (χ2v) is 5.81. The van der Waals surface area contributed by atoms with Gasteiger partial charge in [0.05, 0.1) is 0 Å². The Morgan fingerprint density at radius 2 is 1.91 bits per heavy atom. The van der Waals surface area contributed by atoms with Crippen molar-refractivity contribution in [2.24, 2.45) is 0 Å². The van der Waals surface area contributed by atoms with Gasteiger partial charge in [-0.25, -0.2) is 4.98 Å². The summed E-state index contributed by atoms with van der Waals surface area (Å²) >= 11 is 6.30. The summed E-state index contributed by atoms with van der Waals surface area (Å²) in [5.41, 5.74) is 4.99. The topological polar surface area (TPSA) is 26.0 Å². The van der Waals surface area contributed by atoms with Crippen LogP contribution in [0.15, 0.2) is 65.1 Å². The minimum Gasteiger partial charge on any atom is -0.436 e. The summed E-state index contributed by atoms with van der Waals surface area (Å²) in [6.45, 7) is 0. The van der Waals surface area contributed by atoms with Gasteiger partial charge in [0.15, 0.2) is 5.58 Å². The van der Waals surface area contributed by atoms with Crippen molar-refractivity contribution in [2.75, 3.05) is 0 Å². The number of hydrogen-bond donors (Lipinski definition) is 0. The highest BCUT2D eigenvalue weighted by atomic mass is 35.5. The maximum absolute atomic E-state index is 6.30. The zero-order chi connectivity index (χ0) is 14.9. The first kappa shape index (κ1) is 13.4. The first-order chi connectivity index (χ1) is 10.8. The van der Waals surface area contributed by atoms with Crippen molar-refractivity contribution in [3.8, 4) is 11.5 Å². The number of hydrogen-bond acceptors (Lipinski definition) is 2. The zero-order valence-corrected chi connectivity index (χ0v) is 12.7. The van der Waals surface area contributed by atoms with Crippen LogP contribution in [-0.2, 0) is 0 Å². The second-order valence-electron chi connectivity index (χ2n) is 5.37. The van der Waals surface area contributed by atoms with Crippen LogP contribution in [0.5, 0.6) is 0 Å². The summed E-state index contributed by atoms with van der Waals surface area (Å²) in [6, 6.07) is 13.8. The quantitative estimate of drug-likeness (QED) is 0.590. The zero-order valence-electron chi connectivity index (χ0n) is 11.9. The normalized spacial score (nSPS) is 14.3. The van der Waals surface area contributed by atoms with Crippen LogP contribution in [0.4, 0.5) is 0 Å². The van der Waals surface area contributed by atoms with Crippen molar-refractivity contribution in [3.05, 3.63) is 71.3 Å². The van der Waals surface area contributed by atoms with E-state index < -0.39 is 0 Å². The van der Waals surface area contributed by atoms with E-state index in [1.165, 1.54) is 5.57 Å². The van der Waals surface area contributed by atoms with Crippen molar-refractivity contribution >= 4 is 28.3 Å². The highest BCUT2D eigenvalue weighted by Crippen LogP contribution is 2.32. The molecule has 0 saturated heterocycles. The van der Waals surface area contributed by atoms with Crippen molar-refractivity contribution in [1.29, 1.82) is 0 Å². The van der Waals surface area contributed by atoms with E-state index >= 15 is 0 Å². The average molecular weight is 308 g/mol. The van der Waals surface area contributed by atoms with Gasteiger partial charge in [-0.3, -0.25) is 0 Å². The van der Waals surface area contributed by atoms with E-state index in [9.17, 15) is 0 Å². The predicted molar refractivity (Wildman–Crippen MR) is 90.8 cm³/mol. The lowest BCUT2D eigenvalue weighted by Crippen LogP contribution is -1.89. The number of rotatable bonds is 2. The van der Waals surface area contributed by atoms with Crippen molar-refractivity contribution in [3.63, 3.8) is 0 Å². The fraction of sp³-hybridized carbons (Fsp3) is 0.105. The lowest BCUT2D eigenvalue weighted by atomic mass is 9.96. The Bertz CT molecular complexity index is 872. The molecule has 3 heteroatoms. The summed E-state index contributed by atoms with van der Waals surface area (Å²) in [5, 5.41) is 0.699. The van der Waals surface area contributed by atoms with Crippen molar-refractivity contribution in [2.45, 2.75) is 12.8 Å². The Balaban J connectivity index is 1.82. The van der Waals surface area contributed by atoms with E-state index in [1.54, 1.807) is 0 Å². The molecular weight excluding hydrogens is 294 g/mol. The minimum atomic E-state index is 0.608. The molecule has 0 unspecified atom stereocenters. The Labute approximate surface area is 133 Å². The van der Waals surface area contributed by atoms with Crippen LogP contribution in [0.1, 0.15) is 18.4 Å². The van der Waals surface area contributed by atoms with Crippen LogP contribution < -0.4 is 0 Å². The Morgan fingerprint density at radius 1 is 1.05 bits per heavy atom. The molecule has 2 aromatic carbocycles. The highest BCUT2D eigenvalue weighted by molar-refractivity contribution is 6.31.